The fourth-order valence-corrected chi connectivity index (χ4v) is 2.45. The molecule has 0 amide bonds. The summed E-state index contributed by atoms with van der Waals surface area (Å²) in [6.07, 6.45) is 2.49. The van der Waals surface area contributed by atoms with Crippen LogP contribution in [0.4, 0.5) is 0 Å². The van der Waals surface area contributed by atoms with Gasteiger partial charge in [0.05, 0.1) is 0 Å². The second kappa shape index (κ2) is 4.82. The lowest BCUT2D eigenvalue weighted by atomic mass is 9.95. The van der Waals surface area contributed by atoms with Gasteiger partial charge in [0.1, 0.15) is 0 Å². The van der Waals surface area contributed by atoms with Crippen LogP contribution >= 0.6 is 0 Å². The highest BCUT2D eigenvalue weighted by molar-refractivity contribution is 5.93. The summed E-state index contributed by atoms with van der Waals surface area (Å²) < 4.78 is 0. The van der Waals surface area contributed by atoms with Crippen molar-refractivity contribution in [1.29, 1.82) is 0 Å². The molecule has 1 aromatic carbocycles. The van der Waals surface area contributed by atoms with Crippen molar-refractivity contribution in [2.24, 2.45) is 0 Å². The lowest BCUT2D eigenvalue weighted by Crippen LogP contribution is -2.23. The first kappa shape index (κ1) is 11.9. The summed E-state index contributed by atoms with van der Waals surface area (Å²) in [5, 5.41) is 12.5. The summed E-state index contributed by atoms with van der Waals surface area (Å²) in [5.74, 6) is -0.991. The second-order valence-electron chi connectivity index (χ2n) is 4.61. The fourth-order valence-electron chi connectivity index (χ4n) is 2.45. The van der Waals surface area contributed by atoms with E-state index in [1.54, 1.807) is 12.1 Å². The van der Waals surface area contributed by atoms with Gasteiger partial charge in [-0.1, -0.05) is 24.3 Å². The molecule has 0 radical (unpaired) electrons. The minimum absolute atomic E-state index is 0.108. The van der Waals surface area contributed by atoms with Crippen molar-refractivity contribution in [3.8, 4) is 11.1 Å². The summed E-state index contributed by atoms with van der Waals surface area (Å²) in [4.78, 5) is 15.2. The number of hydrogen-bond acceptors (Lipinski definition) is 3. The Morgan fingerprint density at radius 1 is 1.26 bits per heavy atom. The Hall–Kier alpha value is -2.20. The van der Waals surface area contributed by atoms with Crippen LogP contribution in [0, 0.1) is 0 Å². The maximum atomic E-state index is 11.2. The van der Waals surface area contributed by atoms with Crippen molar-refractivity contribution in [2.45, 2.75) is 13.0 Å². The van der Waals surface area contributed by atoms with Crippen LogP contribution in [-0.4, -0.2) is 22.6 Å². The highest BCUT2D eigenvalue weighted by atomic mass is 16.4. The number of nitrogens with zero attached hydrogens (tertiary/aromatic N) is 1. The molecule has 96 valence electrons. The lowest BCUT2D eigenvalue weighted by molar-refractivity contribution is 0.0691. The number of aromatic carboxylic acids is 1. The Morgan fingerprint density at radius 3 is 3.00 bits per heavy atom. The van der Waals surface area contributed by atoms with E-state index in [9.17, 15) is 9.90 Å². The lowest BCUT2D eigenvalue weighted by Gasteiger charge is -2.18. The highest BCUT2D eigenvalue weighted by Gasteiger charge is 2.15. The van der Waals surface area contributed by atoms with Crippen LogP contribution in [0.1, 0.15) is 21.6 Å². The number of pyridine rings is 1. The van der Waals surface area contributed by atoms with Gasteiger partial charge in [0.2, 0.25) is 0 Å². The maximum Gasteiger partial charge on any atom is 0.355 e. The zero-order chi connectivity index (χ0) is 13.2. The van der Waals surface area contributed by atoms with E-state index in [1.165, 1.54) is 17.3 Å². The number of rotatable bonds is 2. The number of benzene rings is 1. The Morgan fingerprint density at radius 2 is 2.16 bits per heavy atom. The molecular weight excluding hydrogens is 240 g/mol. The maximum absolute atomic E-state index is 11.2. The normalized spacial score (nSPS) is 13.9. The van der Waals surface area contributed by atoms with Crippen LogP contribution in [0.15, 0.2) is 36.5 Å². The van der Waals surface area contributed by atoms with E-state index in [4.69, 9.17) is 0 Å². The molecule has 1 aliphatic heterocycles. The van der Waals surface area contributed by atoms with E-state index < -0.39 is 5.97 Å². The van der Waals surface area contributed by atoms with Gasteiger partial charge in [-0.25, -0.2) is 9.78 Å². The van der Waals surface area contributed by atoms with Crippen molar-refractivity contribution in [1.82, 2.24) is 10.3 Å². The van der Waals surface area contributed by atoms with Gasteiger partial charge in [-0.3, -0.25) is 0 Å². The third kappa shape index (κ3) is 2.22. The number of carbonyl (C=O) groups is 1. The number of hydrogen-bond donors (Lipinski definition) is 2. The largest absolute Gasteiger partial charge is 0.476 e. The molecule has 0 fully saturated rings. The van der Waals surface area contributed by atoms with E-state index in [1.807, 2.05) is 6.07 Å². The van der Waals surface area contributed by atoms with Crippen LogP contribution in [0.5, 0.6) is 0 Å². The van der Waals surface area contributed by atoms with Gasteiger partial charge < -0.3 is 10.4 Å². The first-order valence-corrected chi connectivity index (χ1v) is 6.27. The molecule has 0 saturated heterocycles. The van der Waals surface area contributed by atoms with Gasteiger partial charge in [0.15, 0.2) is 5.69 Å². The predicted octanol–water partition coefficient (Wildman–Crippen LogP) is 2.09. The Balaban J connectivity index is 2.10. The molecule has 19 heavy (non-hydrogen) atoms. The summed E-state index contributed by atoms with van der Waals surface area (Å²) in [5.41, 5.74) is 4.28. The molecule has 0 spiro atoms. The van der Waals surface area contributed by atoms with Gasteiger partial charge >= 0.3 is 5.97 Å². The van der Waals surface area contributed by atoms with Crippen molar-refractivity contribution >= 4 is 5.97 Å². The van der Waals surface area contributed by atoms with Crippen LogP contribution in [-0.2, 0) is 13.0 Å². The average molecular weight is 254 g/mol. The molecule has 0 aliphatic carbocycles. The third-order valence-corrected chi connectivity index (χ3v) is 3.41. The molecular formula is C15H14N2O2. The Bertz CT molecular complexity index is 638. The second-order valence-corrected chi connectivity index (χ2v) is 4.61. The number of aromatic nitrogens is 1. The number of fused-ring (bicyclic) bond motifs is 1. The quantitative estimate of drug-likeness (QED) is 0.861. The highest BCUT2D eigenvalue weighted by Crippen LogP contribution is 2.26. The molecule has 4 heteroatoms. The standard InChI is InChI=1S/C15H14N2O2/c18-15(19)14-13(2-1-6-17-14)11-3-4-12-9-16-7-5-10(12)8-11/h1-4,6,8,16H,5,7,9H2,(H,18,19). The van der Waals surface area contributed by atoms with Crippen molar-refractivity contribution in [3.63, 3.8) is 0 Å². The molecule has 1 aliphatic rings. The van der Waals surface area contributed by atoms with Crippen LogP contribution < -0.4 is 5.32 Å². The molecule has 2 heterocycles. The Labute approximate surface area is 111 Å². The monoisotopic (exact) mass is 254 g/mol. The van der Waals surface area contributed by atoms with E-state index in [2.05, 4.69) is 22.4 Å². The minimum Gasteiger partial charge on any atom is -0.476 e. The van der Waals surface area contributed by atoms with E-state index in [0.717, 1.165) is 25.1 Å². The van der Waals surface area contributed by atoms with Gasteiger partial charge in [-0.2, -0.15) is 0 Å². The van der Waals surface area contributed by atoms with E-state index in [-0.39, 0.29) is 5.69 Å². The van der Waals surface area contributed by atoms with Crippen molar-refractivity contribution < 1.29 is 9.90 Å². The molecule has 2 aromatic rings. The molecule has 1 aromatic heterocycles. The van der Waals surface area contributed by atoms with Gasteiger partial charge in [0.25, 0.3) is 0 Å². The van der Waals surface area contributed by atoms with Crippen LogP contribution in [0.25, 0.3) is 11.1 Å². The topological polar surface area (TPSA) is 62.2 Å². The smallest absolute Gasteiger partial charge is 0.355 e. The van der Waals surface area contributed by atoms with Gasteiger partial charge in [0, 0.05) is 18.3 Å². The molecule has 0 bridgehead atoms. The number of carboxylic acids is 1. The first-order valence-electron chi connectivity index (χ1n) is 6.27. The number of nitrogens with one attached hydrogen (secondary N) is 1. The molecule has 0 saturated carbocycles. The zero-order valence-electron chi connectivity index (χ0n) is 10.4. The minimum atomic E-state index is -0.991. The molecule has 4 nitrogen and oxygen atoms in total. The summed E-state index contributed by atoms with van der Waals surface area (Å²) in [7, 11) is 0. The summed E-state index contributed by atoms with van der Waals surface area (Å²) >= 11 is 0. The van der Waals surface area contributed by atoms with E-state index in [0.29, 0.717) is 5.56 Å². The average Bonchev–Trinajstić information content (AvgIpc) is 2.46. The fraction of sp³-hybridized carbons (Fsp3) is 0.200. The predicted molar refractivity (Wildman–Crippen MR) is 72.0 cm³/mol. The first-order chi connectivity index (χ1) is 9.25. The van der Waals surface area contributed by atoms with Gasteiger partial charge in [-0.15, -0.1) is 0 Å². The van der Waals surface area contributed by atoms with Gasteiger partial charge in [-0.05, 0) is 35.7 Å². The molecule has 3 rings (SSSR count). The Kier molecular flexibility index (Phi) is 3.01. The van der Waals surface area contributed by atoms with Crippen LogP contribution in [0.2, 0.25) is 0 Å². The number of carboxylic acid groups (broad SMARTS) is 1. The summed E-state index contributed by atoms with van der Waals surface area (Å²) in [6.45, 7) is 1.85. The summed E-state index contributed by atoms with van der Waals surface area (Å²) in [6, 6.07) is 9.69. The molecule has 0 unspecified atom stereocenters. The third-order valence-electron chi connectivity index (χ3n) is 3.41. The van der Waals surface area contributed by atoms with Crippen molar-refractivity contribution in [2.75, 3.05) is 6.54 Å². The molecule has 0 atom stereocenters. The van der Waals surface area contributed by atoms with Crippen LogP contribution in [0.3, 0.4) is 0 Å². The zero-order valence-corrected chi connectivity index (χ0v) is 10.4. The SMILES string of the molecule is O=C(O)c1ncccc1-c1ccc2c(c1)CCNC2. The van der Waals surface area contributed by atoms with Crippen molar-refractivity contribution in [3.05, 3.63) is 53.3 Å². The van der Waals surface area contributed by atoms with E-state index >= 15 is 0 Å². The molecule has 2 N–H and O–H groups in total.